The van der Waals surface area contributed by atoms with Gasteiger partial charge in [-0.15, -0.1) is 0 Å². The van der Waals surface area contributed by atoms with Gasteiger partial charge in [0.15, 0.2) is 0 Å². The average molecular weight is 196 g/mol. The second-order valence-electron chi connectivity index (χ2n) is 4.81. The standard InChI is InChI=1S/C10H12O4/c1-9-4-3-5(14-9)6-7(11)13-8(12)10(6,9)2/h5-6H,3-4H2,1-2H3/t5-,6+,9+,10+/m0/s1. The zero-order valence-electron chi connectivity index (χ0n) is 8.20. The molecule has 4 nitrogen and oxygen atoms in total. The van der Waals surface area contributed by atoms with E-state index >= 15 is 0 Å². The summed E-state index contributed by atoms with van der Waals surface area (Å²) in [6, 6.07) is 0. The Morgan fingerprint density at radius 1 is 1.36 bits per heavy atom. The zero-order valence-corrected chi connectivity index (χ0v) is 8.20. The highest BCUT2D eigenvalue weighted by Crippen LogP contribution is 2.61. The Morgan fingerprint density at radius 2 is 2.07 bits per heavy atom. The highest BCUT2D eigenvalue weighted by atomic mass is 16.6. The molecule has 4 atom stereocenters. The van der Waals surface area contributed by atoms with Crippen LogP contribution in [0.4, 0.5) is 0 Å². The minimum Gasteiger partial charge on any atom is -0.392 e. The predicted octanol–water partition coefficient (Wildman–Crippen LogP) is 0.644. The van der Waals surface area contributed by atoms with Gasteiger partial charge in [0.05, 0.1) is 11.7 Å². The van der Waals surface area contributed by atoms with Crippen LogP contribution in [0.15, 0.2) is 0 Å². The van der Waals surface area contributed by atoms with Crippen molar-refractivity contribution in [3.63, 3.8) is 0 Å². The van der Waals surface area contributed by atoms with Crippen LogP contribution in [-0.2, 0) is 19.1 Å². The molecule has 3 aliphatic rings. The monoisotopic (exact) mass is 196 g/mol. The Hall–Kier alpha value is -0.900. The molecular formula is C10H12O4. The molecule has 14 heavy (non-hydrogen) atoms. The number of ether oxygens (including phenoxy) is 2. The Bertz CT molecular complexity index is 350. The molecule has 3 heterocycles. The normalized spacial score (nSPS) is 55.0. The van der Waals surface area contributed by atoms with Crippen LogP contribution in [0, 0.1) is 11.3 Å². The van der Waals surface area contributed by atoms with Gasteiger partial charge >= 0.3 is 11.9 Å². The van der Waals surface area contributed by atoms with Gasteiger partial charge in [-0.25, -0.2) is 0 Å². The fourth-order valence-electron chi connectivity index (χ4n) is 3.18. The van der Waals surface area contributed by atoms with Gasteiger partial charge in [-0.1, -0.05) is 0 Å². The number of esters is 2. The fourth-order valence-corrected chi connectivity index (χ4v) is 3.18. The fraction of sp³-hybridized carbons (Fsp3) is 0.800. The van der Waals surface area contributed by atoms with Crippen molar-refractivity contribution >= 4 is 11.9 Å². The molecule has 0 aromatic rings. The molecule has 3 aliphatic heterocycles. The smallest absolute Gasteiger partial charge is 0.323 e. The summed E-state index contributed by atoms with van der Waals surface area (Å²) >= 11 is 0. The maximum absolute atomic E-state index is 11.7. The van der Waals surface area contributed by atoms with Crippen LogP contribution < -0.4 is 0 Å². The third-order valence-electron chi connectivity index (χ3n) is 4.28. The van der Waals surface area contributed by atoms with Crippen LogP contribution in [-0.4, -0.2) is 23.6 Å². The molecule has 0 aromatic heterocycles. The van der Waals surface area contributed by atoms with Gasteiger partial charge in [-0.3, -0.25) is 9.59 Å². The highest BCUT2D eigenvalue weighted by Gasteiger charge is 2.74. The Balaban J connectivity index is 2.18. The van der Waals surface area contributed by atoms with E-state index in [1.54, 1.807) is 6.92 Å². The van der Waals surface area contributed by atoms with E-state index in [0.29, 0.717) is 0 Å². The molecule has 0 saturated carbocycles. The largest absolute Gasteiger partial charge is 0.392 e. The molecule has 0 radical (unpaired) electrons. The van der Waals surface area contributed by atoms with Crippen molar-refractivity contribution in [2.75, 3.05) is 0 Å². The third-order valence-corrected chi connectivity index (χ3v) is 4.28. The van der Waals surface area contributed by atoms with E-state index < -0.39 is 23.0 Å². The van der Waals surface area contributed by atoms with Gasteiger partial charge in [-0.2, -0.15) is 0 Å². The molecule has 3 fully saturated rings. The zero-order chi connectivity index (χ0) is 10.1. The Labute approximate surface area is 81.6 Å². The second kappa shape index (κ2) is 2.03. The van der Waals surface area contributed by atoms with Crippen LogP contribution in [0.1, 0.15) is 26.7 Å². The lowest BCUT2D eigenvalue weighted by molar-refractivity contribution is -0.162. The van der Waals surface area contributed by atoms with Crippen LogP contribution in [0.25, 0.3) is 0 Å². The first-order valence-electron chi connectivity index (χ1n) is 4.93. The number of fused-ring (bicyclic) bond motifs is 5. The minimum absolute atomic E-state index is 0.107. The molecule has 3 saturated heterocycles. The first-order chi connectivity index (χ1) is 6.49. The number of carbonyl (C=O) groups excluding carboxylic acids is 2. The van der Waals surface area contributed by atoms with Crippen LogP contribution in [0.2, 0.25) is 0 Å². The third kappa shape index (κ3) is 0.610. The van der Waals surface area contributed by atoms with E-state index in [9.17, 15) is 9.59 Å². The summed E-state index contributed by atoms with van der Waals surface area (Å²) in [6.07, 6.45) is 1.59. The van der Waals surface area contributed by atoms with Gasteiger partial charge in [0.2, 0.25) is 0 Å². The number of carbonyl (C=O) groups is 2. The lowest BCUT2D eigenvalue weighted by Gasteiger charge is -2.34. The molecule has 2 bridgehead atoms. The molecular weight excluding hydrogens is 184 g/mol. The summed E-state index contributed by atoms with van der Waals surface area (Å²) in [5.74, 6) is -1.17. The first-order valence-corrected chi connectivity index (χ1v) is 4.93. The summed E-state index contributed by atoms with van der Waals surface area (Å²) in [6.45, 7) is 3.71. The van der Waals surface area contributed by atoms with Crippen molar-refractivity contribution in [2.24, 2.45) is 11.3 Å². The van der Waals surface area contributed by atoms with E-state index in [4.69, 9.17) is 9.47 Å². The molecule has 0 spiro atoms. The molecule has 0 aromatic carbocycles. The van der Waals surface area contributed by atoms with Crippen LogP contribution in [0.3, 0.4) is 0 Å². The minimum atomic E-state index is -0.743. The maximum atomic E-state index is 11.7. The van der Waals surface area contributed by atoms with E-state index in [1.165, 1.54) is 0 Å². The quantitative estimate of drug-likeness (QED) is 0.421. The topological polar surface area (TPSA) is 52.6 Å². The molecule has 0 aliphatic carbocycles. The van der Waals surface area contributed by atoms with Gasteiger partial charge in [0, 0.05) is 0 Å². The molecule has 3 rings (SSSR count). The molecule has 76 valence electrons. The Kier molecular flexibility index (Phi) is 1.22. The molecule has 4 heteroatoms. The summed E-state index contributed by atoms with van der Waals surface area (Å²) < 4.78 is 10.5. The van der Waals surface area contributed by atoms with Crippen molar-refractivity contribution in [1.82, 2.24) is 0 Å². The summed E-state index contributed by atoms with van der Waals surface area (Å²) in [4.78, 5) is 23.1. The molecule has 0 unspecified atom stereocenters. The second-order valence-corrected chi connectivity index (χ2v) is 4.81. The summed E-state index contributed by atoms with van der Waals surface area (Å²) in [5.41, 5.74) is -1.24. The van der Waals surface area contributed by atoms with Crippen molar-refractivity contribution in [3.8, 4) is 0 Å². The van der Waals surface area contributed by atoms with E-state index in [-0.39, 0.29) is 12.0 Å². The van der Waals surface area contributed by atoms with Crippen LogP contribution in [0.5, 0.6) is 0 Å². The van der Waals surface area contributed by atoms with E-state index in [2.05, 4.69) is 0 Å². The van der Waals surface area contributed by atoms with Gasteiger partial charge in [-0.05, 0) is 26.7 Å². The van der Waals surface area contributed by atoms with E-state index in [0.717, 1.165) is 12.8 Å². The predicted molar refractivity (Wildman–Crippen MR) is 45.2 cm³/mol. The lowest BCUT2D eigenvalue weighted by Crippen LogP contribution is -2.47. The van der Waals surface area contributed by atoms with Gasteiger partial charge in [0.1, 0.15) is 11.3 Å². The highest BCUT2D eigenvalue weighted by molar-refractivity contribution is 6.01. The van der Waals surface area contributed by atoms with Gasteiger partial charge in [0.25, 0.3) is 0 Å². The summed E-state index contributed by atoms with van der Waals surface area (Å²) in [7, 11) is 0. The number of rotatable bonds is 0. The lowest BCUT2D eigenvalue weighted by atomic mass is 9.62. The van der Waals surface area contributed by atoms with Crippen molar-refractivity contribution in [1.29, 1.82) is 0 Å². The number of cyclic esters (lactones) is 2. The maximum Gasteiger partial charge on any atom is 0.323 e. The average Bonchev–Trinajstić information content (AvgIpc) is 2.63. The number of hydrogen-bond acceptors (Lipinski definition) is 4. The first kappa shape index (κ1) is 8.41. The Morgan fingerprint density at radius 3 is 2.71 bits per heavy atom. The van der Waals surface area contributed by atoms with Crippen LogP contribution >= 0.6 is 0 Å². The SMILES string of the molecule is C[C@]12CC[C@H](O1)[C@@H]1C(=O)OC(=O)[C@@]12C. The van der Waals surface area contributed by atoms with E-state index in [1.807, 2.05) is 6.92 Å². The molecule has 0 N–H and O–H groups in total. The number of hydrogen-bond donors (Lipinski definition) is 0. The molecule has 0 amide bonds. The van der Waals surface area contributed by atoms with Gasteiger partial charge < -0.3 is 9.47 Å². The van der Waals surface area contributed by atoms with Crippen molar-refractivity contribution < 1.29 is 19.1 Å². The van der Waals surface area contributed by atoms with Crippen molar-refractivity contribution in [2.45, 2.75) is 38.4 Å². The van der Waals surface area contributed by atoms with Crippen molar-refractivity contribution in [3.05, 3.63) is 0 Å². The summed E-state index contributed by atoms with van der Waals surface area (Å²) in [5, 5.41) is 0.